The summed E-state index contributed by atoms with van der Waals surface area (Å²) in [6, 6.07) is 16.0. The summed E-state index contributed by atoms with van der Waals surface area (Å²) in [5.74, 6) is 0.819. The maximum absolute atomic E-state index is 6.19. The number of aryl methyl sites for hydroxylation is 1. The van der Waals surface area contributed by atoms with Gasteiger partial charge in [-0.25, -0.2) is 4.98 Å². The fourth-order valence-corrected chi connectivity index (χ4v) is 3.70. The number of halogens is 1. The molecule has 0 aliphatic heterocycles. The molecule has 29 heavy (non-hydrogen) atoms. The van der Waals surface area contributed by atoms with Gasteiger partial charge >= 0.3 is 0 Å². The number of methoxy groups -OCH3 is 1. The zero-order chi connectivity index (χ0) is 20.2. The highest BCUT2D eigenvalue weighted by atomic mass is 35.5. The summed E-state index contributed by atoms with van der Waals surface area (Å²) >= 11 is 6.19. The summed E-state index contributed by atoms with van der Waals surface area (Å²) in [5, 5.41) is 9.93. The lowest BCUT2D eigenvalue weighted by atomic mass is 10.1. The monoisotopic (exact) mass is 408 g/mol. The van der Waals surface area contributed by atoms with Crippen molar-refractivity contribution in [2.75, 3.05) is 25.5 Å². The van der Waals surface area contributed by atoms with Gasteiger partial charge in [-0.15, -0.1) is 0 Å². The SMILES string of the molecule is COc1ccc2nc3cc(Cl)ccc3c(NCCCNCc3cccn3C)c2c1. The van der Waals surface area contributed by atoms with Crippen molar-refractivity contribution in [3.63, 3.8) is 0 Å². The third kappa shape index (κ3) is 4.31. The molecule has 0 bridgehead atoms. The topological polar surface area (TPSA) is 51.1 Å². The quantitative estimate of drug-likeness (QED) is 0.319. The van der Waals surface area contributed by atoms with E-state index in [9.17, 15) is 0 Å². The molecule has 0 atom stereocenters. The maximum Gasteiger partial charge on any atom is 0.119 e. The molecular weight excluding hydrogens is 384 g/mol. The largest absolute Gasteiger partial charge is 0.497 e. The lowest BCUT2D eigenvalue weighted by molar-refractivity contribution is 0.415. The van der Waals surface area contributed by atoms with E-state index in [0.29, 0.717) is 5.02 Å². The van der Waals surface area contributed by atoms with Gasteiger partial charge in [-0.2, -0.15) is 0 Å². The second-order valence-corrected chi connectivity index (χ2v) is 7.54. The van der Waals surface area contributed by atoms with Crippen molar-refractivity contribution in [1.82, 2.24) is 14.9 Å². The Kier molecular flexibility index (Phi) is 5.88. The first-order valence-electron chi connectivity index (χ1n) is 9.77. The Hall–Kier alpha value is -2.76. The van der Waals surface area contributed by atoms with Gasteiger partial charge in [-0.05, 0) is 61.5 Å². The van der Waals surface area contributed by atoms with Gasteiger partial charge in [-0.1, -0.05) is 11.6 Å². The molecule has 0 amide bonds. The van der Waals surface area contributed by atoms with E-state index in [1.54, 1.807) is 7.11 Å². The Bertz CT molecular complexity index is 1140. The molecule has 0 radical (unpaired) electrons. The van der Waals surface area contributed by atoms with Gasteiger partial charge < -0.3 is 19.9 Å². The number of fused-ring (bicyclic) bond motifs is 2. The summed E-state index contributed by atoms with van der Waals surface area (Å²) in [6.07, 6.45) is 3.08. The van der Waals surface area contributed by atoms with Gasteiger partial charge in [0.25, 0.3) is 0 Å². The first-order chi connectivity index (χ1) is 14.2. The molecule has 0 aliphatic rings. The van der Waals surface area contributed by atoms with Crippen LogP contribution in [0.3, 0.4) is 0 Å². The minimum Gasteiger partial charge on any atom is -0.497 e. The third-order valence-electron chi connectivity index (χ3n) is 5.13. The van der Waals surface area contributed by atoms with Crippen LogP contribution in [0.25, 0.3) is 21.8 Å². The Labute approximate surface area is 175 Å². The third-order valence-corrected chi connectivity index (χ3v) is 5.37. The number of hydrogen-bond donors (Lipinski definition) is 2. The van der Waals surface area contributed by atoms with Crippen LogP contribution in [0.1, 0.15) is 12.1 Å². The fraction of sp³-hybridized carbons (Fsp3) is 0.261. The van der Waals surface area contributed by atoms with Crippen LogP contribution in [-0.4, -0.2) is 29.8 Å². The van der Waals surface area contributed by atoms with Crippen LogP contribution < -0.4 is 15.4 Å². The van der Waals surface area contributed by atoms with Crippen molar-refractivity contribution in [1.29, 1.82) is 0 Å². The maximum atomic E-state index is 6.19. The number of benzene rings is 2. The van der Waals surface area contributed by atoms with E-state index in [0.717, 1.165) is 59.3 Å². The van der Waals surface area contributed by atoms with Crippen LogP contribution in [-0.2, 0) is 13.6 Å². The average molecular weight is 409 g/mol. The summed E-state index contributed by atoms with van der Waals surface area (Å²) in [7, 11) is 3.75. The number of rotatable bonds is 8. The molecule has 4 rings (SSSR count). The molecular formula is C23H25ClN4O. The van der Waals surface area contributed by atoms with E-state index in [1.165, 1.54) is 5.69 Å². The number of hydrogen-bond acceptors (Lipinski definition) is 4. The molecule has 150 valence electrons. The van der Waals surface area contributed by atoms with E-state index in [2.05, 4.69) is 40.6 Å². The molecule has 2 N–H and O–H groups in total. The molecule has 0 spiro atoms. The number of aromatic nitrogens is 2. The fourth-order valence-electron chi connectivity index (χ4n) is 3.54. The van der Waals surface area contributed by atoms with E-state index in [1.807, 2.05) is 36.4 Å². The Morgan fingerprint density at radius 3 is 2.72 bits per heavy atom. The molecule has 0 fully saturated rings. The lowest BCUT2D eigenvalue weighted by Crippen LogP contribution is -2.19. The standard InChI is InChI=1S/C23H25ClN4O/c1-28-12-3-5-17(28)15-25-10-4-11-26-23-19-8-6-16(24)13-22(19)27-21-9-7-18(29-2)14-20(21)23/h3,5-9,12-14,25H,4,10-11,15H2,1-2H3,(H,26,27). The second-order valence-electron chi connectivity index (χ2n) is 7.10. The predicted octanol–water partition coefficient (Wildman–Crippen LogP) is 4.98. The molecule has 2 aromatic heterocycles. The molecule has 0 unspecified atom stereocenters. The van der Waals surface area contributed by atoms with Crippen molar-refractivity contribution >= 4 is 39.1 Å². The number of anilines is 1. The summed E-state index contributed by atoms with van der Waals surface area (Å²) in [6.45, 7) is 2.67. The predicted molar refractivity (Wildman–Crippen MR) is 121 cm³/mol. The van der Waals surface area contributed by atoms with Crippen LogP contribution in [0.5, 0.6) is 5.75 Å². The first kappa shape index (κ1) is 19.6. The summed E-state index contributed by atoms with van der Waals surface area (Å²) in [4.78, 5) is 4.77. The van der Waals surface area contributed by atoms with Crippen molar-refractivity contribution in [2.45, 2.75) is 13.0 Å². The van der Waals surface area contributed by atoms with Crippen LogP contribution in [0.15, 0.2) is 54.7 Å². The molecule has 4 aromatic rings. The molecule has 0 saturated heterocycles. The zero-order valence-corrected chi connectivity index (χ0v) is 17.5. The number of nitrogens with zero attached hydrogens (tertiary/aromatic N) is 2. The summed E-state index contributed by atoms with van der Waals surface area (Å²) in [5.41, 5.74) is 4.17. The van der Waals surface area contributed by atoms with Crippen LogP contribution in [0.4, 0.5) is 5.69 Å². The minimum atomic E-state index is 0.689. The number of nitrogens with one attached hydrogen (secondary N) is 2. The normalized spacial score (nSPS) is 11.3. The highest BCUT2D eigenvalue weighted by molar-refractivity contribution is 6.31. The van der Waals surface area contributed by atoms with Crippen molar-refractivity contribution < 1.29 is 4.74 Å². The minimum absolute atomic E-state index is 0.689. The first-order valence-corrected chi connectivity index (χ1v) is 10.2. The molecule has 6 heteroatoms. The van der Waals surface area contributed by atoms with Gasteiger partial charge in [0.1, 0.15) is 5.75 Å². The van der Waals surface area contributed by atoms with E-state index < -0.39 is 0 Å². The lowest BCUT2D eigenvalue weighted by Gasteiger charge is -2.14. The van der Waals surface area contributed by atoms with Crippen LogP contribution >= 0.6 is 11.6 Å². The number of ether oxygens (including phenoxy) is 1. The van der Waals surface area contributed by atoms with Crippen molar-refractivity contribution in [2.24, 2.45) is 7.05 Å². The van der Waals surface area contributed by atoms with Gasteiger partial charge in [0.2, 0.25) is 0 Å². The van der Waals surface area contributed by atoms with Crippen LogP contribution in [0, 0.1) is 0 Å². The Morgan fingerprint density at radius 2 is 1.93 bits per heavy atom. The van der Waals surface area contributed by atoms with E-state index in [4.69, 9.17) is 21.3 Å². The smallest absolute Gasteiger partial charge is 0.119 e. The van der Waals surface area contributed by atoms with Crippen molar-refractivity contribution in [3.05, 3.63) is 65.4 Å². The molecule has 0 saturated carbocycles. The van der Waals surface area contributed by atoms with E-state index >= 15 is 0 Å². The molecule has 2 heterocycles. The van der Waals surface area contributed by atoms with Crippen LogP contribution in [0.2, 0.25) is 5.02 Å². The highest BCUT2D eigenvalue weighted by Gasteiger charge is 2.10. The Morgan fingerprint density at radius 1 is 1.03 bits per heavy atom. The average Bonchev–Trinajstić information content (AvgIpc) is 3.14. The van der Waals surface area contributed by atoms with Gasteiger partial charge in [0.05, 0.1) is 23.8 Å². The highest BCUT2D eigenvalue weighted by Crippen LogP contribution is 2.34. The molecule has 2 aromatic carbocycles. The van der Waals surface area contributed by atoms with Gasteiger partial charge in [0.15, 0.2) is 0 Å². The van der Waals surface area contributed by atoms with Gasteiger partial charge in [0, 0.05) is 47.8 Å². The summed E-state index contributed by atoms with van der Waals surface area (Å²) < 4.78 is 7.56. The number of pyridine rings is 1. The Balaban J connectivity index is 1.50. The van der Waals surface area contributed by atoms with E-state index in [-0.39, 0.29) is 0 Å². The zero-order valence-electron chi connectivity index (χ0n) is 16.7. The van der Waals surface area contributed by atoms with Gasteiger partial charge in [-0.3, -0.25) is 0 Å². The van der Waals surface area contributed by atoms with Crippen molar-refractivity contribution in [3.8, 4) is 5.75 Å². The second kappa shape index (κ2) is 8.72. The molecule has 0 aliphatic carbocycles. The molecule has 5 nitrogen and oxygen atoms in total.